The van der Waals surface area contributed by atoms with Crippen LogP contribution in [0.3, 0.4) is 0 Å². The maximum atomic E-state index is 8.83. The zero-order valence-corrected chi connectivity index (χ0v) is 23.5. The monoisotopic (exact) mass is 512 g/mol. The van der Waals surface area contributed by atoms with E-state index < -0.39 is 6.04 Å². The fourth-order valence-corrected chi connectivity index (χ4v) is 5.76. The Labute approximate surface area is 239 Å². The summed E-state index contributed by atoms with van der Waals surface area (Å²) >= 11 is 0. The number of para-hydroxylation sites is 2. The highest BCUT2D eigenvalue weighted by Gasteiger charge is 2.27. The van der Waals surface area contributed by atoms with Crippen LogP contribution in [-0.4, -0.2) is 4.57 Å². The molecular formula is C38H37N. The van der Waals surface area contributed by atoms with Crippen LogP contribution in [0, 0.1) is 0 Å². The number of fused-ring (bicyclic) bond motifs is 3. The summed E-state index contributed by atoms with van der Waals surface area (Å²) in [5, 5.41) is 2.00. The molecule has 0 radical (unpaired) electrons. The molecule has 0 aliphatic rings. The SMILES string of the molecule is [2H]c1c([2H])c([2H])c(-c2cccc3c4ccccc4n(-c4cccc(-c5cccc(C(C)(C)C)c5)c4C(C)(C)C)c23)c([2H])c1[2H]. The van der Waals surface area contributed by atoms with Crippen molar-refractivity contribution in [2.75, 3.05) is 0 Å². The molecule has 0 N–H and O–H groups in total. The van der Waals surface area contributed by atoms with E-state index in [9.17, 15) is 0 Å². The largest absolute Gasteiger partial charge is 0.308 e. The normalized spacial score (nSPS) is 14.2. The van der Waals surface area contributed by atoms with Crippen molar-refractivity contribution in [2.24, 2.45) is 0 Å². The molecule has 0 fully saturated rings. The van der Waals surface area contributed by atoms with Crippen LogP contribution in [0.25, 0.3) is 49.7 Å². The first-order valence-electron chi connectivity index (χ1n) is 16.1. The summed E-state index contributed by atoms with van der Waals surface area (Å²) in [7, 11) is 0. The van der Waals surface area contributed by atoms with E-state index in [-0.39, 0.29) is 40.6 Å². The lowest BCUT2D eigenvalue weighted by molar-refractivity contribution is 0.587. The average molecular weight is 513 g/mol. The highest BCUT2D eigenvalue weighted by atomic mass is 15.0. The smallest absolute Gasteiger partial charge is 0.0629 e. The van der Waals surface area contributed by atoms with Crippen molar-refractivity contribution in [1.29, 1.82) is 0 Å². The van der Waals surface area contributed by atoms with Crippen LogP contribution in [0.5, 0.6) is 0 Å². The van der Waals surface area contributed by atoms with E-state index in [1.807, 2.05) is 24.3 Å². The number of hydrogen-bond acceptors (Lipinski definition) is 0. The highest BCUT2D eigenvalue weighted by molar-refractivity contribution is 6.14. The number of rotatable bonds is 3. The summed E-state index contributed by atoms with van der Waals surface area (Å²) in [5.41, 5.74) is 8.10. The number of benzene rings is 5. The predicted octanol–water partition coefficient (Wildman–Crippen LogP) is 10.7. The minimum atomic E-state index is -0.392. The van der Waals surface area contributed by atoms with Crippen LogP contribution in [0.2, 0.25) is 0 Å². The van der Waals surface area contributed by atoms with Crippen molar-refractivity contribution in [2.45, 2.75) is 52.4 Å². The van der Waals surface area contributed by atoms with Gasteiger partial charge in [0.2, 0.25) is 0 Å². The molecule has 0 unspecified atom stereocenters. The summed E-state index contributed by atoms with van der Waals surface area (Å²) in [5.74, 6) is 0. The van der Waals surface area contributed by atoms with Gasteiger partial charge >= 0.3 is 0 Å². The molecule has 6 rings (SSSR count). The van der Waals surface area contributed by atoms with Gasteiger partial charge in [0.15, 0.2) is 0 Å². The molecule has 0 saturated heterocycles. The fourth-order valence-electron chi connectivity index (χ4n) is 5.76. The molecule has 1 heterocycles. The summed E-state index contributed by atoms with van der Waals surface area (Å²) in [6.45, 7) is 13.4. The van der Waals surface area contributed by atoms with Gasteiger partial charge in [-0.3, -0.25) is 0 Å². The Kier molecular flexibility index (Phi) is 4.73. The number of hydrogen-bond donors (Lipinski definition) is 0. The van der Waals surface area contributed by atoms with E-state index in [0.717, 1.165) is 38.6 Å². The molecule has 0 atom stereocenters. The van der Waals surface area contributed by atoms with Crippen molar-refractivity contribution in [3.63, 3.8) is 0 Å². The van der Waals surface area contributed by atoms with E-state index in [2.05, 4.69) is 107 Å². The molecular weight excluding hydrogens is 470 g/mol. The second kappa shape index (κ2) is 9.27. The van der Waals surface area contributed by atoms with E-state index >= 15 is 0 Å². The topological polar surface area (TPSA) is 4.93 Å². The lowest BCUT2D eigenvalue weighted by Gasteiger charge is -2.29. The standard InChI is InChI=1S/C38H37N/c1-37(2,3)28-18-12-17-27(25-28)29-20-14-24-34(35(29)38(4,5)6)39-33-23-11-10-19-31(33)32-22-13-21-30(36(32)39)26-15-8-7-9-16-26/h7-25H,1-6H3/i7D,8D,9D,15D,16D. The molecule has 0 aliphatic heterocycles. The molecule has 194 valence electrons. The molecule has 1 aromatic heterocycles. The quantitative estimate of drug-likeness (QED) is 0.222. The first-order chi connectivity index (χ1) is 20.7. The minimum Gasteiger partial charge on any atom is -0.308 e. The number of nitrogens with zero attached hydrogens (tertiary/aromatic N) is 1. The van der Waals surface area contributed by atoms with Crippen molar-refractivity contribution in [3.8, 4) is 27.9 Å². The maximum Gasteiger partial charge on any atom is 0.0629 e. The molecule has 0 amide bonds. The second-order valence-corrected chi connectivity index (χ2v) is 12.3. The van der Waals surface area contributed by atoms with Gasteiger partial charge in [0.1, 0.15) is 0 Å². The van der Waals surface area contributed by atoms with Gasteiger partial charge in [0.05, 0.1) is 23.6 Å². The lowest BCUT2D eigenvalue weighted by atomic mass is 9.79. The third kappa shape index (κ3) is 4.36. The van der Waals surface area contributed by atoms with Gasteiger partial charge in [0, 0.05) is 16.3 Å². The Morgan fingerprint density at radius 3 is 2.00 bits per heavy atom. The van der Waals surface area contributed by atoms with Gasteiger partial charge < -0.3 is 4.57 Å². The highest BCUT2D eigenvalue weighted by Crippen LogP contribution is 2.43. The zero-order valence-electron chi connectivity index (χ0n) is 28.5. The molecule has 1 heteroatoms. The summed E-state index contributed by atoms with van der Waals surface area (Å²) in [6, 6.07) is 27.8. The third-order valence-corrected chi connectivity index (χ3v) is 7.54. The van der Waals surface area contributed by atoms with Crippen LogP contribution in [0.15, 0.2) is 115 Å². The molecule has 5 aromatic carbocycles. The Morgan fingerprint density at radius 1 is 0.590 bits per heavy atom. The predicted molar refractivity (Wildman–Crippen MR) is 169 cm³/mol. The van der Waals surface area contributed by atoms with E-state index in [0.29, 0.717) is 5.56 Å². The lowest BCUT2D eigenvalue weighted by Crippen LogP contribution is -2.17. The van der Waals surface area contributed by atoms with Gasteiger partial charge in [-0.15, -0.1) is 0 Å². The summed E-state index contributed by atoms with van der Waals surface area (Å²) in [6.07, 6.45) is 0. The Bertz CT molecular complexity index is 2060. The average Bonchev–Trinajstić information content (AvgIpc) is 3.33. The van der Waals surface area contributed by atoms with Gasteiger partial charge in [-0.25, -0.2) is 0 Å². The Morgan fingerprint density at radius 2 is 1.26 bits per heavy atom. The molecule has 0 bridgehead atoms. The number of aromatic nitrogens is 1. The van der Waals surface area contributed by atoms with Crippen molar-refractivity contribution in [3.05, 3.63) is 126 Å². The fraction of sp³-hybridized carbons (Fsp3) is 0.211. The minimum absolute atomic E-state index is 0.00118. The first kappa shape index (κ1) is 19.9. The summed E-state index contributed by atoms with van der Waals surface area (Å²) in [4.78, 5) is 0. The van der Waals surface area contributed by atoms with Crippen LogP contribution in [0.4, 0.5) is 0 Å². The van der Waals surface area contributed by atoms with Crippen molar-refractivity contribution < 1.29 is 6.85 Å². The maximum absolute atomic E-state index is 8.83. The Balaban J connectivity index is 1.78. The van der Waals surface area contributed by atoms with Gasteiger partial charge in [-0.1, -0.05) is 145 Å². The van der Waals surface area contributed by atoms with Gasteiger partial charge in [0.25, 0.3) is 0 Å². The van der Waals surface area contributed by atoms with Crippen molar-refractivity contribution in [1.82, 2.24) is 4.57 Å². The third-order valence-electron chi connectivity index (χ3n) is 7.54. The van der Waals surface area contributed by atoms with Gasteiger partial charge in [-0.05, 0) is 50.8 Å². The zero-order chi connectivity index (χ0) is 31.7. The van der Waals surface area contributed by atoms with Crippen molar-refractivity contribution >= 4 is 21.8 Å². The molecule has 0 saturated carbocycles. The van der Waals surface area contributed by atoms with Crippen LogP contribution in [-0.2, 0) is 10.8 Å². The summed E-state index contributed by atoms with van der Waals surface area (Å²) < 4.78 is 44.9. The van der Waals surface area contributed by atoms with Crippen LogP contribution >= 0.6 is 0 Å². The molecule has 1 nitrogen and oxygen atoms in total. The Hall–Kier alpha value is -4.10. The van der Waals surface area contributed by atoms with Crippen LogP contribution in [0.1, 0.15) is 59.5 Å². The van der Waals surface area contributed by atoms with Gasteiger partial charge in [-0.2, -0.15) is 0 Å². The molecule has 6 aromatic rings. The van der Waals surface area contributed by atoms with E-state index in [4.69, 9.17) is 6.85 Å². The van der Waals surface area contributed by atoms with E-state index in [1.165, 1.54) is 11.1 Å². The molecule has 0 aliphatic carbocycles. The molecule has 39 heavy (non-hydrogen) atoms. The second-order valence-electron chi connectivity index (χ2n) is 12.3. The van der Waals surface area contributed by atoms with Crippen LogP contribution < -0.4 is 0 Å². The van der Waals surface area contributed by atoms with E-state index in [1.54, 1.807) is 0 Å². The molecule has 0 spiro atoms. The first-order valence-corrected chi connectivity index (χ1v) is 13.6.